The first-order valence-corrected chi connectivity index (χ1v) is 7.38. The minimum absolute atomic E-state index is 0.0661. The van der Waals surface area contributed by atoms with Crippen LogP contribution >= 0.6 is 0 Å². The van der Waals surface area contributed by atoms with Crippen LogP contribution < -0.4 is 11.3 Å². The maximum Gasteiger partial charge on any atom is 0.0648 e. The molecule has 0 amide bonds. The molecule has 1 aromatic carbocycles. The molecule has 0 spiro atoms. The van der Waals surface area contributed by atoms with Crippen molar-refractivity contribution >= 4 is 10.8 Å². The van der Waals surface area contributed by atoms with E-state index in [2.05, 4.69) is 52.5 Å². The smallest absolute Gasteiger partial charge is 0.0648 e. The summed E-state index contributed by atoms with van der Waals surface area (Å²) in [5, 5.41) is 2.37. The van der Waals surface area contributed by atoms with E-state index in [-0.39, 0.29) is 6.04 Å². The number of hydrazine groups is 1. The first-order valence-electron chi connectivity index (χ1n) is 7.38. The second-order valence-electron chi connectivity index (χ2n) is 5.90. The standard InChI is InChI=1S/C16H23N5/c1-20-7-8-21(2)15(11-20)16(19-17)14-10-18-9-12-5-3-4-6-13(12)14/h3-6,9-10,15-16,19H,7-8,11,17H2,1-2H3. The van der Waals surface area contributed by atoms with Gasteiger partial charge in [-0.15, -0.1) is 0 Å². The normalized spacial score (nSPS) is 22.5. The van der Waals surface area contributed by atoms with E-state index in [4.69, 9.17) is 5.84 Å². The van der Waals surface area contributed by atoms with Gasteiger partial charge in [0.1, 0.15) is 0 Å². The van der Waals surface area contributed by atoms with Crippen molar-refractivity contribution in [2.24, 2.45) is 5.84 Å². The van der Waals surface area contributed by atoms with Crippen molar-refractivity contribution in [2.75, 3.05) is 33.7 Å². The summed E-state index contributed by atoms with van der Waals surface area (Å²) >= 11 is 0. The molecule has 1 aromatic heterocycles. The molecule has 5 nitrogen and oxygen atoms in total. The Labute approximate surface area is 125 Å². The Morgan fingerprint density at radius 2 is 2.05 bits per heavy atom. The Bertz CT molecular complexity index is 609. The molecule has 3 N–H and O–H groups in total. The molecular formula is C16H23N5. The molecule has 112 valence electrons. The van der Waals surface area contributed by atoms with Gasteiger partial charge in [-0.05, 0) is 25.0 Å². The lowest BCUT2D eigenvalue weighted by atomic mass is 9.94. The molecule has 1 aliphatic rings. The van der Waals surface area contributed by atoms with Crippen LogP contribution in [0.4, 0.5) is 0 Å². The Morgan fingerprint density at radius 3 is 2.86 bits per heavy atom. The van der Waals surface area contributed by atoms with E-state index in [0.29, 0.717) is 6.04 Å². The molecule has 0 radical (unpaired) electrons. The predicted octanol–water partition coefficient (Wildman–Crippen LogP) is 0.985. The van der Waals surface area contributed by atoms with Gasteiger partial charge in [0.25, 0.3) is 0 Å². The van der Waals surface area contributed by atoms with Crippen molar-refractivity contribution in [3.8, 4) is 0 Å². The van der Waals surface area contributed by atoms with Crippen molar-refractivity contribution < 1.29 is 0 Å². The summed E-state index contributed by atoms with van der Waals surface area (Å²) in [6.45, 7) is 3.14. The summed E-state index contributed by atoms with van der Waals surface area (Å²) in [6, 6.07) is 8.74. The Hall–Kier alpha value is -1.53. The zero-order valence-electron chi connectivity index (χ0n) is 12.7. The van der Waals surface area contributed by atoms with E-state index in [1.807, 2.05) is 18.5 Å². The third-order valence-electron chi connectivity index (χ3n) is 4.50. The molecule has 0 bridgehead atoms. The topological polar surface area (TPSA) is 57.4 Å². The van der Waals surface area contributed by atoms with Crippen LogP contribution in [0.1, 0.15) is 11.6 Å². The minimum atomic E-state index is 0.0661. The summed E-state index contributed by atoms with van der Waals surface area (Å²) < 4.78 is 0. The second kappa shape index (κ2) is 6.07. The summed E-state index contributed by atoms with van der Waals surface area (Å²) in [5.41, 5.74) is 4.19. The van der Waals surface area contributed by atoms with Gasteiger partial charge in [-0.1, -0.05) is 24.3 Å². The van der Waals surface area contributed by atoms with Crippen LogP contribution in [-0.2, 0) is 0 Å². The molecular weight excluding hydrogens is 262 g/mol. The Morgan fingerprint density at radius 1 is 1.24 bits per heavy atom. The summed E-state index contributed by atoms with van der Waals surface area (Å²) in [5.74, 6) is 5.91. The molecule has 0 saturated carbocycles. The summed E-state index contributed by atoms with van der Waals surface area (Å²) in [4.78, 5) is 9.13. The van der Waals surface area contributed by atoms with E-state index < -0.39 is 0 Å². The molecule has 3 rings (SSSR count). The first kappa shape index (κ1) is 14.4. The molecule has 2 heterocycles. The highest BCUT2D eigenvalue weighted by Gasteiger charge is 2.31. The van der Waals surface area contributed by atoms with Crippen LogP contribution in [0.25, 0.3) is 10.8 Å². The molecule has 21 heavy (non-hydrogen) atoms. The van der Waals surface area contributed by atoms with Gasteiger partial charge >= 0.3 is 0 Å². The number of aromatic nitrogens is 1. The van der Waals surface area contributed by atoms with Crippen LogP contribution in [-0.4, -0.2) is 54.6 Å². The maximum atomic E-state index is 5.91. The van der Waals surface area contributed by atoms with E-state index in [0.717, 1.165) is 25.0 Å². The number of pyridine rings is 1. The van der Waals surface area contributed by atoms with E-state index in [1.165, 1.54) is 10.9 Å². The number of nitrogens with zero attached hydrogens (tertiary/aromatic N) is 3. The zero-order chi connectivity index (χ0) is 14.8. The molecule has 1 aliphatic heterocycles. The van der Waals surface area contributed by atoms with Crippen LogP contribution in [0.15, 0.2) is 36.7 Å². The van der Waals surface area contributed by atoms with Crippen molar-refractivity contribution in [3.05, 3.63) is 42.2 Å². The fourth-order valence-electron chi connectivity index (χ4n) is 3.20. The van der Waals surface area contributed by atoms with Gasteiger partial charge in [-0.3, -0.25) is 21.2 Å². The molecule has 2 aromatic rings. The highest BCUT2D eigenvalue weighted by Crippen LogP contribution is 2.28. The van der Waals surface area contributed by atoms with Gasteiger partial charge in [0, 0.05) is 43.5 Å². The van der Waals surface area contributed by atoms with Gasteiger partial charge in [-0.25, -0.2) is 0 Å². The number of rotatable bonds is 3. The second-order valence-corrected chi connectivity index (χ2v) is 5.90. The molecule has 1 fully saturated rings. The Kier molecular flexibility index (Phi) is 4.17. The lowest BCUT2D eigenvalue weighted by molar-refractivity contribution is 0.0879. The Balaban J connectivity index is 2.01. The summed E-state index contributed by atoms with van der Waals surface area (Å²) in [7, 11) is 4.33. The number of likely N-dealkylation sites (N-methyl/N-ethyl adjacent to an activating group) is 2. The highest BCUT2D eigenvalue weighted by atomic mass is 15.3. The van der Waals surface area contributed by atoms with E-state index in [9.17, 15) is 0 Å². The minimum Gasteiger partial charge on any atom is -0.303 e. The third kappa shape index (κ3) is 2.78. The fourth-order valence-corrected chi connectivity index (χ4v) is 3.20. The van der Waals surface area contributed by atoms with Crippen molar-refractivity contribution in [2.45, 2.75) is 12.1 Å². The number of fused-ring (bicyclic) bond motifs is 1. The lowest BCUT2D eigenvalue weighted by Gasteiger charge is -2.42. The summed E-state index contributed by atoms with van der Waals surface area (Å²) in [6.07, 6.45) is 3.85. The first-order chi connectivity index (χ1) is 10.2. The number of hydrogen-bond acceptors (Lipinski definition) is 5. The number of hydrogen-bond donors (Lipinski definition) is 2. The van der Waals surface area contributed by atoms with Crippen LogP contribution in [0, 0.1) is 0 Å². The van der Waals surface area contributed by atoms with Crippen LogP contribution in [0.3, 0.4) is 0 Å². The molecule has 5 heteroatoms. The highest BCUT2D eigenvalue weighted by molar-refractivity contribution is 5.85. The third-order valence-corrected chi connectivity index (χ3v) is 4.50. The fraction of sp³-hybridized carbons (Fsp3) is 0.438. The number of nitrogens with two attached hydrogens (primary N) is 1. The van der Waals surface area contributed by atoms with Crippen molar-refractivity contribution in [1.29, 1.82) is 0 Å². The van der Waals surface area contributed by atoms with Crippen LogP contribution in [0.5, 0.6) is 0 Å². The molecule has 1 saturated heterocycles. The van der Waals surface area contributed by atoms with Gasteiger partial charge < -0.3 is 4.90 Å². The van der Waals surface area contributed by atoms with Gasteiger partial charge in [-0.2, -0.15) is 0 Å². The van der Waals surface area contributed by atoms with Gasteiger partial charge in [0.15, 0.2) is 0 Å². The number of benzene rings is 1. The van der Waals surface area contributed by atoms with E-state index in [1.54, 1.807) is 0 Å². The number of nitrogens with one attached hydrogen (secondary N) is 1. The lowest BCUT2D eigenvalue weighted by Crippen LogP contribution is -2.56. The zero-order valence-corrected chi connectivity index (χ0v) is 12.7. The van der Waals surface area contributed by atoms with Gasteiger partial charge in [0.2, 0.25) is 0 Å². The monoisotopic (exact) mass is 285 g/mol. The SMILES string of the molecule is CN1CCN(C)C(C(NN)c2cncc3ccccc23)C1. The largest absolute Gasteiger partial charge is 0.303 e. The van der Waals surface area contributed by atoms with Crippen LogP contribution in [0.2, 0.25) is 0 Å². The maximum absolute atomic E-state index is 5.91. The van der Waals surface area contributed by atoms with E-state index >= 15 is 0 Å². The molecule has 0 aliphatic carbocycles. The number of piperazine rings is 1. The average Bonchev–Trinajstić information content (AvgIpc) is 2.51. The molecule has 2 atom stereocenters. The molecule has 2 unspecified atom stereocenters. The quantitative estimate of drug-likeness (QED) is 0.650. The van der Waals surface area contributed by atoms with Gasteiger partial charge in [0.05, 0.1) is 6.04 Å². The average molecular weight is 285 g/mol. The van der Waals surface area contributed by atoms with Crippen molar-refractivity contribution in [1.82, 2.24) is 20.2 Å². The predicted molar refractivity (Wildman–Crippen MR) is 85.7 cm³/mol. The van der Waals surface area contributed by atoms with Crippen molar-refractivity contribution in [3.63, 3.8) is 0 Å².